The minimum atomic E-state index is -2.84. The van der Waals surface area contributed by atoms with Crippen LogP contribution in [0.3, 0.4) is 0 Å². The van der Waals surface area contributed by atoms with Crippen LogP contribution in [-0.4, -0.2) is 50.2 Å². The Morgan fingerprint density at radius 1 is 1.23 bits per heavy atom. The quantitative estimate of drug-likeness (QED) is 0.799. The van der Waals surface area contributed by atoms with Crippen LogP contribution in [0.4, 0.5) is 4.79 Å². The minimum Gasteiger partial charge on any atom is -0.444 e. The van der Waals surface area contributed by atoms with Crippen molar-refractivity contribution in [3.8, 4) is 0 Å². The summed E-state index contributed by atoms with van der Waals surface area (Å²) >= 11 is 0. The van der Waals surface area contributed by atoms with Crippen molar-refractivity contribution in [2.24, 2.45) is 5.92 Å². The van der Waals surface area contributed by atoms with Gasteiger partial charge in [-0.3, -0.25) is 0 Å². The summed E-state index contributed by atoms with van der Waals surface area (Å²) in [5.41, 5.74) is -0.517. The van der Waals surface area contributed by atoms with E-state index in [-0.39, 0.29) is 29.5 Å². The Hall–Kier alpha value is -0.820. The number of alkyl carbamates (subject to hydrolysis) is 1. The van der Waals surface area contributed by atoms with Crippen LogP contribution in [-0.2, 0) is 14.6 Å². The number of nitrogens with one attached hydrogen (secondary N) is 2. The molecule has 0 spiro atoms. The van der Waals surface area contributed by atoms with Gasteiger partial charge in [0.2, 0.25) is 0 Å². The Labute approximate surface area is 134 Å². The van der Waals surface area contributed by atoms with Gasteiger partial charge in [-0.15, -0.1) is 0 Å². The predicted molar refractivity (Wildman–Crippen MR) is 87.7 cm³/mol. The first-order valence-corrected chi connectivity index (χ1v) is 9.74. The second-order valence-corrected chi connectivity index (χ2v) is 9.63. The van der Waals surface area contributed by atoms with Crippen LogP contribution >= 0.6 is 0 Å². The summed E-state index contributed by atoms with van der Waals surface area (Å²) in [5, 5.41) is 6.26. The third-order valence-corrected chi connectivity index (χ3v) is 5.40. The fourth-order valence-corrected chi connectivity index (χ4v) is 3.79. The number of amides is 1. The largest absolute Gasteiger partial charge is 0.444 e. The fourth-order valence-electron chi connectivity index (χ4n) is 2.30. The van der Waals surface area contributed by atoms with Crippen molar-refractivity contribution in [3.63, 3.8) is 0 Å². The van der Waals surface area contributed by atoms with Gasteiger partial charge in [0.1, 0.15) is 15.4 Å². The second-order valence-electron chi connectivity index (χ2n) is 7.33. The van der Waals surface area contributed by atoms with Crippen LogP contribution < -0.4 is 10.6 Å². The van der Waals surface area contributed by atoms with E-state index < -0.39 is 21.5 Å². The molecule has 0 aromatic rings. The first-order valence-electron chi connectivity index (χ1n) is 7.92. The highest BCUT2D eigenvalue weighted by Gasteiger charge is 2.25. The van der Waals surface area contributed by atoms with Crippen LogP contribution in [0.15, 0.2) is 0 Å². The van der Waals surface area contributed by atoms with Crippen molar-refractivity contribution < 1.29 is 17.9 Å². The summed E-state index contributed by atoms with van der Waals surface area (Å²) in [6, 6.07) is 0.151. The number of sulfone groups is 1. The van der Waals surface area contributed by atoms with Gasteiger partial charge in [0.25, 0.3) is 0 Å². The van der Waals surface area contributed by atoms with Gasteiger partial charge in [-0.1, -0.05) is 13.8 Å². The van der Waals surface area contributed by atoms with E-state index in [9.17, 15) is 13.2 Å². The lowest BCUT2D eigenvalue weighted by Crippen LogP contribution is -2.50. The molecule has 0 aliphatic carbocycles. The van der Waals surface area contributed by atoms with Gasteiger partial charge in [0.05, 0.1) is 11.5 Å². The first kappa shape index (κ1) is 19.2. The molecule has 1 fully saturated rings. The maximum Gasteiger partial charge on any atom is 0.407 e. The molecule has 1 aliphatic rings. The average molecular weight is 334 g/mol. The molecule has 6 nitrogen and oxygen atoms in total. The van der Waals surface area contributed by atoms with Crippen LogP contribution in [0.5, 0.6) is 0 Å². The monoisotopic (exact) mass is 334 g/mol. The Morgan fingerprint density at radius 3 is 2.23 bits per heavy atom. The summed E-state index contributed by atoms with van der Waals surface area (Å²) in [4.78, 5) is 11.9. The van der Waals surface area contributed by atoms with Crippen molar-refractivity contribution >= 4 is 15.9 Å². The molecule has 0 saturated carbocycles. The van der Waals surface area contributed by atoms with E-state index in [1.807, 2.05) is 34.6 Å². The van der Waals surface area contributed by atoms with Gasteiger partial charge in [-0.2, -0.15) is 0 Å². The predicted octanol–water partition coefficient (Wildman–Crippen LogP) is 1.70. The van der Waals surface area contributed by atoms with Crippen molar-refractivity contribution in [2.75, 3.05) is 18.1 Å². The summed E-state index contributed by atoms with van der Waals surface area (Å²) in [6.45, 7) is 10.2. The molecule has 7 heteroatoms. The second kappa shape index (κ2) is 7.64. The fraction of sp³-hybridized carbons (Fsp3) is 0.933. The van der Waals surface area contributed by atoms with E-state index in [4.69, 9.17) is 4.74 Å². The topological polar surface area (TPSA) is 84.5 Å². The molecule has 0 aromatic heterocycles. The molecule has 1 rings (SSSR count). The highest BCUT2D eigenvalue weighted by molar-refractivity contribution is 7.91. The SMILES string of the molecule is CC(C)C(CNC1CCS(=O)(=O)CC1)NC(=O)OC(C)(C)C. The number of rotatable bonds is 5. The molecule has 0 aromatic carbocycles. The molecule has 1 amide bonds. The van der Waals surface area contributed by atoms with E-state index in [1.54, 1.807) is 0 Å². The third kappa shape index (κ3) is 7.45. The van der Waals surface area contributed by atoms with E-state index >= 15 is 0 Å². The maximum absolute atomic E-state index is 11.9. The molecular formula is C15H30N2O4S. The number of hydrogen-bond donors (Lipinski definition) is 2. The van der Waals surface area contributed by atoms with Gasteiger partial charge in [0.15, 0.2) is 0 Å². The lowest BCUT2D eigenvalue weighted by molar-refractivity contribution is 0.0489. The summed E-state index contributed by atoms with van der Waals surface area (Å²) in [7, 11) is -2.84. The smallest absolute Gasteiger partial charge is 0.407 e. The van der Waals surface area contributed by atoms with Gasteiger partial charge in [-0.25, -0.2) is 13.2 Å². The van der Waals surface area contributed by atoms with Crippen molar-refractivity contribution in [1.29, 1.82) is 0 Å². The van der Waals surface area contributed by atoms with Crippen molar-refractivity contribution in [1.82, 2.24) is 10.6 Å². The summed E-state index contributed by atoms with van der Waals surface area (Å²) in [5.74, 6) is 0.750. The van der Waals surface area contributed by atoms with E-state index in [0.717, 1.165) is 0 Å². The zero-order chi connectivity index (χ0) is 17.0. The highest BCUT2D eigenvalue weighted by atomic mass is 32.2. The third-order valence-electron chi connectivity index (χ3n) is 3.69. The van der Waals surface area contributed by atoms with Crippen LogP contribution in [0.2, 0.25) is 0 Å². The molecule has 1 saturated heterocycles. The lowest BCUT2D eigenvalue weighted by atomic mass is 10.0. The summed E-state index contributed by atoms with van der Waals surface area (Å²) < 4.78 is 28.1. The molecule has 1 aliphatic heterocycles. The Kier molecular flexibility index (Phi) is 6.67. The van der Waals surface area contributed by atoms with Crippen molar-refractivity contribution in [2.45, 2.75) is 65.1 Å². The van der Waals surface area contributed by atoms with E-state index in [2.05, 4.69) is 10.6 Å². The summed E-state index contributed by atoms with van der Waals surface area (Å²) in [6.07, 6.45) is 0.860. The highest BCUT2D eigenvalue weighted by Crippen LogP contribution is 2.13. The molecule has 0 radical (unpaired) electrons. The molecular weight excluding hydrogens is 304 g/mol. The molecule has 2 N–H and O–H groups in total. The van der Waals surface area contributed by atoms with Gasteiger partial charge in [0, 0.05) is 18.6 Å². The van der Waals surface area contributed by atoms with Crippen LogP contribution in [0, 0.1) is 5.92 Å². The Bertz CT molecular complexity index is 454. The van der Waals surface area contributed by atoms with Gasteiger partial charge < -0.3 is 15.4 Å². The van der Waals surface area contributed by atoms with Gasteiger partial charge in [-0.05, 0) is 39.5 Å². The van der Waals surface area contributed by atoms with E-state index in [1.165, 1.54) is 0 Å². The Morgan fingerprint density at radius 2 is 1.77 bits per heavy atom. The molecule has 1 unspecified atom stereocenters. The molecule has 0 bridgehead atoms. The number of carbonyl (C=O) groups is 1. The zero-order valence-electron chi connectivity index (χ0n) is 14.3. The van der Waals surface area contributed by atoms with Gasteiger partial charge >= 0.3 is 6.09 Å². The van der Waals surface area contributed by atoms with E-state index in [0.29, 0.717) is 19.4 Å². The van der Waals surface area contributed by atoms with Crippen LogP contribution in [0.25, 0.3) is 0 Å². The molecule has 22 heavy (non-hydrogen) atoms. The Balaban J connectivity index is 2.43. The molecule has 1 atom stereocenters. The number of ether oxygens (including phenoxy) is 1. The number of hydrogen-bond acceptors (Lipinski definition) is 5. The maximum atomic E-state index is 11.9. The normalized spacial score (nSPS) is 20.6. The standard InChI is InChI=1S/C15H30N2O4S/c1-11(2)13(17-14(18)21-15(3,4)5)10-16-12-6-8-22(19,20)9-7-12/h11-13,16H,6-10H2,1-5H3,(H,17,18). The lowest BCUT2D eigenvalue weighted by Gasteiger charge is -2.29. The first-order chi connectivity index (χ1) is 9.98. The molecule has 130 valence electrons. The van der Waals surface area contributed by atoms with Crippen LogP contribution in [0.1, 0.15) is 47.5 Å². The zero-order valence-corrected chi connectivity index (χ0v) is 15.1. The number of carbonyl (C=O) groups excluding carboxylic acids is 1. The van der Waals surface area contributed by atoms with Crippen molar-refractivity contribution in [3.05, 3.63) is 0 Å². The molecule has 1 heterocycles. The average Bonchev–Trinajstić information content (AvgIpc) is 2.33. The minimum absolute atomic E-state index is 0.0478.